The summed E-state index contributed by atoms with van der Waals surface area (Å²) >= 11 is 6.84. The molecule has 174 valence electrons. The fraction of sp³-hybridized carbons (Fsp3) is 0.231. The highest BCUT2D eigenvalue weighted by atomic mass is 35.5. The van der Waals surface area contributed by atoms with E-state index in [0.717, 1.165) is 59.6 Å². The van der Waals surface area contributed by atoms with Gasteiger partial charge in [0.25, 0.3) is 0 Å². The number of pyridine rings is 1. The summed E-state index contributed by atoms with van der Waals surface area (Å²) in [6.07, 6.45) is 8.59. The molecular weight excluding hydrogens is 462 g/mol. The minimum absolute atomic E-state index is 0.00193. The molecule has 1 spiro atoms. The number of likely N-dealkylation sites (tertiary alicyclic amines) is 1. The Morgan fingerprint density at radius 3 is 2.57 bits per heavy atom. The van der Waals surface area contributed by atoms with E-state index < -0.39 is 0 Å². The van der Waals surface area contributed by atoms with E-state index in [9.17, 15) is 10.1 Å². The number of benzene rings is 1. The minimum atomic E-state index is -0.00193. The van der Waals surface area contributed by atoms with Gasteiger partial charge in [0.2, 0.25) is 5.91 Å². The summed E-state index contributed by atoms with van der Waals surface area (Å²) in [5.74, 6) is -0.00193. The monoisotopic (exact) mass is 483 g/mol. The van der Waals surface area contributed by atoms with Crippen LogP contribution >= 0.6 is 11.6 Å². The molecule has 9 heteroatoms. The van der Waals surface area contributed by atoms with Crippen molar-refractivity contribution in [3.63, 3.8) is 0 Å². The first kappa shape index (κ1) is 21.4. The third-order valence-electron chi connectivity index (χ3n) is 6.97. The number of carbonyl (C=O) groups excluding carboxylic acids is 1. The van der Waals surface area contributed by atoms with Crippen molar-refractivity contribution in [1.29, 1.82) is 5.26 Å². The van der Waals surface area contributed by atoms with Crippen LogP contribution in [0.4, 0.5) is 5.69 Å². The van der Waals surface area contributed by atoms with Gasteiger partial charge in [0, 0.05) is 79.0 Å². The van der Waals surface area contributed by atoms with E-state index in [4.69, 9.17) is 11.6 Å². The van der Waals surface area contributed by atoms with Gasteiger partial charge >= 0.3 is 0 Å². The Bertz CT molecular complexity index is 1550. The van der Waals surface area contributed by atoms with Crippen LogP contribution in [0.15, 0.2) is 61.7 Å². The van der Waals surface area contributed by atoms with Crippen molar-refractivity contribution in [2.24, 2.45) is 12.5 Å². The molecule has 5 heterocycles. The van der Waals surface area contributed by atoms with Crippen LogP contribution in [-0.2, 0) is 11.8 Å². The predicted molar refractivity (Wildman–Crippen MR) is 134 cm³/mol. The van der Waals surface area contributed by atoms with Crippen LogP contribution in [0.2, 0.25) is 5.02 Å². The molecule has 6 rings (SSSR count). The van der Waals surface area contributed by atoms with E-state index in [1.54, 1.807) is 21.6 Å². The predicted octanol–water partition coefficient (Wildman–Crippen LogP) is 3.76. The number of anilines is 1. The molecule has 2 saturated heterocycles. The van der Waals surface area contributed by atoms with E-state index in [-0.39, 0.29) is 11.3 Å². The van der Waals surface area contributed by atoms with Crippen molar-refractivity contribution in [2.45, 2.75) is 0 Å². The average molecular weight is 484 g/mol. The normalized spacial score (nSPS) is 16.1. The largest absolute Gasteiger partial charge is 0.370 e. The van der Waals surface area contributed by atoms with Crippen molar-refractivity contribution in [3.05, 3.63) is 72.3 Å². The molecule has 4 aromatic rings. The van der Waals surface area contributed by atoms with Crippen molar-refractivity contribution in [2.75, 3.05) is 31.1 Å². The van der Waals surface area contributed by atoms with Crippen LogP contribution < -0.4 is 4.90 Å². The van der Waals surface area contributed by atoms with Crippen LogP contribution in [0.25, 0.3) is 27.8 Å². The number of fused-ring (bicyclic) bond motifs is 1. The molecule has 0 atom stereocenters. The highest BCUT2D eigenvalue weighted by molar-refractivity contribution is 6.34. The average Bonchev–Trinajstić information content (AvgIpc) is 3.42. The molecule has 8 nitrogen and oxygen atoms in total. The van der Waals surface area contributed by atoms with Gasteiger partial charge in [-0.25, -0.2) is 4.52 Å². The van der Waals surface area contributed by atoms with E-state index in [0.29, 0.717) is 10.6 Å². The summed E-state index contributed by atoms with van der Waals surface area (Å²) in [6, 6.07) is 10.3. The topological polar surface area (TPSA) is 82.5 Å². The van der Waals surface area contributed by atoms with Gasteiger partial charge in [-0.05, 0) is 24.3 Å². The number of nitriles is 1. The van der Waals surface area contributed by atoms with E-state index >= 15 is 0 Å². The van der Waals surface area contributed by atoms with E-state index in [1.165, 1.54) is 6.08 Å². The summed E-state index contributed by atoms with van der Waals surface area (Å²) in [6.45, 7) is 6.91. The van der Waals surface area contributed by atoms with E-state index in [1.807, 2.05) is 42.5 Å². The number of nitrogens with zero attached hydrogens (tertiary/aromatic N) is 7. The Kier molecular flexibility index (Phi) is 4.73. The highest BCUT2D eigenvalue weighted by Gasteiger charge is 2.52. The lowest BCUT2D eigenvalue weighted by Crippen LogP contribution is -2.73. The molecule has 0 saturated carbocycles. The molecule has 2 aliphatic rings. The summed E-state index contributed by atoms with van der Waals surface area (Å²) in [4.78, 5) is 15.9. The maximum atomic E-state index is 11.8. The minimum Gasteiger partial charge on any atom is -0.370 e. The zero-order chi connectivity index (χ0) is 24.3. The second-order valence-corrected chi connectivity index (χ2v) is 9.83. The zero-order valence-electron chi connectivity index (χ0n) is 19.1. The Morgan fingerprint density at radius 1 is 1.11 bits per heavy atom. The Balaban J connectivity index is 1.33. The molecule has 35 heavy (non-hydrogen) atoms. The highest BCUT2D eigenvalue weighted by Crippen LogP contribution is 2.44. The van der Waals surface area contributed by atoms with Crippen LogP contribution in [-0.4, -0.2) is 56.4 Å². The van der Waals surface area contributed by atoms with Crippen LogP contribution in [0.1, 0.15) is 5.56 Å². The van der Waals surface area contributed by atoms with Gasteiger partial charge < -0.3 is 9.80 Å². The summed E-state index contributed by atoms with van der Waals surface area (Å²) < 4.78 is 3.48. The van der Waals surface area contributed by atoms with Gasteiger partial charge in [0.05, 0.1) is 28.5 Å². The third-order valence-corrected chi connectivity index (χ3v) is 7.28. The lowest BCUT2D eigenvalue weighted by Gasteiger charge is -2.60. The molecular formula is C26H22ClN7O. The molecule has 3 aromatic heterocycles. The second-order valence-electron chi connectivity index (χ2n) is 9.43. The first-order valence-corrected chi connectivity index (χ1v) is 11.6. The number of hydrogen-bond donors (Lipinski definition) is 0. The van der Waals surface area contributed by atoms with Gasteiger partial charge in [-0.2, -0.15) is 15.5 Å². The van der Waals surface area contributed by atoms with Gasteiger partial charge in [0.1, 0.15) is 6.07 Å². The molecule has 0 bridgehead atoms. The van der Waals surface area contributed by atoms with Crippen LogP contribution in [0, 0.1) is 16.7 Å². The smallest absolute Gasteiger partial charge is 0.245 e. The van der Waals surface area contributed by atoms with Gasteiger partial charge in [-0.15, -0.1) is 0 Å². The molecule has 0 radical (unpaired) electrons. The number of aryl methyl sites for hydroxylation is 1. The lowest BCUT2D eigenvalue weighted by atomic mass is 9.72. The number of halogens is 1. The Hall–Kier alpha value is -4.09. The second kappa shape index (κ2) is 7.72. The third kappa shape index (κ3) is 3.39. The lowest BCUT2D eigenvalue weighted by molar-refractivity contribution is -0.139. The standard InChI is InChI=1S/C26H22ClN7O/c1-3-24(35)33-15-26(16-33)13-32(14-26)20-4-5-21(23(27)7-20)22-6-17(19-10-29-31(2)11-19)12-34-25(22)18(8-28)9-30-34/h3-7,9-12H,1,13-16H2,2H3. The zero-order valence-corrected chi connectivity index (χ0v) is 19.9. The number of amides is 1. The Morgan fingerprint density at radius 2 is 1.91 bits per heavy atom. The molecule has 0 N–H and O–H groups in total. The SMILES string of the molecule is C=CC(=O)N1CC2(C1)CN(c1ccc(-c3cc(-c4cnn(C)c4)cn4ncc(C#N)c34)c(Cl)c1)C2. The van der Waals surface area contributed by atoms with Crippen molar-refractivity contribution >= 4 is 28.7 Å². The van der Waals surface area contributed by atoms with Gasteiger partial charge in [-0.1, -0.05) is 24.2 Å². The van der Waals surface area contributed by atoms with Crippen molar-refractivity contribution in [1.82, 2.24) is 24.3 Å². The molecule has 1 aromatic carbocycles. The maximum Gasteiger partial charge on any atom is 0.245 e. The fourth-order valence-electron chi connectivity index (χ4n) is 5.25. The number of rotatable bonds is 4. The summed E-state index contributed by atoms with van der Waals surface area (Å²) in [5.41, 5.74) is 6.00. The fourth-order valence-corrected chi connectivity index (χ4v) is 5.53. The Labute approximate surface area is 207 Å². The first-order chi connectivity index (χ1) is 16.9. The van der Waals surface area contributed by atoms with Gasteiger partial charge in [0.15, 0.2) is 0 Å². The number of carbonyl (C=O) groups is 1. The number of hydrogen-bond acceptors (Lipinski definition) is 5. The molecule has 2 aliphatic heterocycles. The summed E-state index contributed by atoms with van der Waals surface area (Å²) in [7, 11) is 1.87. The van der Waals surface area contributed by atoms with Gasteiger partial charge in [-0.3, -0.25) is 9.48 Å². The molecule has 1 amide bonds. The summed E-state index contributed by atoms with van der Waals surface area (Å²) in [5, 5.41) is 19.0. The number of aromatic nitrogens is 4. The quantitative estimate of drug-likeness (QED) is 0.413. The van der Waals surface area contributed by atoms with Crippen LogP contribution in [0.3, 0.4) is 0 Å². The van der Waals surface area contributed by atoms with Crippen LogP contribution in [0.5, 0.6) is 0 Å². The molecule has 0 unspecified atom stereocenters. The van der Waals surface area contributed by atoms with Crippen molar-refractivity contribution in [3.8, 4) is 28.3 Å². The van der Waals surface area contributed by atoms with Crippen molar-refractivity contribution < 1.29 is 4.79 Å². The molecule has 2 fully saturated rings. The maximum absolute atomic E-state index is 11.8. The molecule has 0 aliphatic carbocycles. The first-order valence-electron chi connectivity index (χ1n) is 11.3. The van der Waals surface area contributed by atoms with E-state index in [2.05, 4.69) is 33.8 Å².